The second kappa shape index (κ2) is 4.72. The van der Waals surface area contributed by atoms with Gasteiger partial charge in [-0.1, -0.05) is 6.07 Å². The first kappa shape index (κ1) is 12.8. The van der Waals surface area contributed by atoms with Crippen molar-refractivity contribution in [1.29, 1.82) is 0 Å². The van der Waals surface area contributed by atoms with Crippen molar-refractivity contribution in [2.75, 3.05) is 6.54 Å². The maximum absolute atomic E-state index is 12.5. The third-order valence-corrected chi connectivity index (χ3v) is 3.65. The van der Waals surface area contributed by atoms with Gasteiger partial charge in [0.15, 0.2) is 0 Å². The third kappa shape index (κ3) is 2.08. The lowest BCUT2D eigenvalue weighted by atomic mass is 10.0. The predicted molar refractivity (Wildman–Crippen MR) is 68.6 cm³/mol. The number of hydrogen-bond donors (Lipinski definition) is 1. The number of ether oxygens (including phenoxy) is 1. The van der Waals surface area contributed by atoms with Gasteiger partial charge < -0.3 is 9.64 Å². The fraction of sp³-hybridized carbons (Fsp3) is 0.357. The van der Waals surface area contributed by atoms with Crippen LogP contribution < -0.4 is 5.32 Å². The maximum Gasteiger partial charge on any atom is 0.255 e. The summed E-state index contributed by atoms with van der Waals surface area (Å²) in [6, 6.07) is 4.68. The summed E-state index contributed by atoms with van der Waals surface area (Å²) < 4.78 is 5.31. The van der Waals surface area contributed by atoms with Gasteiger partial charge in [0, 0.05) is 5.56 Å². The Morgan fingerprint density at radius 3 is 2.85 bits per heavy atom. The number of benzene rings is 1. The minimum absolute atomic E-state index is 0.0979. The van der Waals surface area contributed by atoms with Gasteiger partial charge in [0.1, 0.15) is 12.6 Å². The van der Waals surface area contributed by atoms with E-state index in [1.54, 1.807) is 19.1 Å². The van der Waals surface area contributed by atoms with Crippen molar-refractivity contribution in [2.45, 2.75) is 26.2 Å². The molecule has 0 aliphatic carbocycles. The summed E-state index contributed by atoms with van der Waals surface area (Å²) in [5.41, 5.74) is 2.53. The number of carbonyl (C=O) groups excluding carboxylic acids is 3. The van der Waals surface area contributed by atoms with Crippen LogP contribution in [0.3, 0.4) is 0 Å². The fourth-order valence-corrected chi connectivity index (χ4v) is 2.43. The van der Waals surface area contributed by atoms with E-state index in [9.17, 15) is 14.4 Å². The van der Waals surface area contributed by atoms with Gasteiger partial charge in [0.05, 0.1) is 13.2 Å². The van der Waals surface area contributed by atoms with Crippen molar-refractivity contribution in [2.24, 2.45) is 0 Å². The molecule has 1 N–H and O–H groups in total. The lowest BCUT2D eigenvalue weighted by molar-refractivity contribution is -0.138. The molecule has 0 bridgehead atoms. The average Bonchev–Trinajstić information content (AvgIpc) is 2.89. The molecule has 2 aliphatic rings. The highest BCUT2D eigenvalue weighted by molar-refractivity contribution is 6.07. The van der Waals surface area contributed by atoms with Gasteiger partial charge in [-0.15, -0.1) is 0 Å². The van der Waals surface area contributed by atoms with Crippen LogP contribution in [0, 0.1) is 0 Å². The van der Waals surface area contributed by atoms with Crippen molar-refractivity contribution in [3.05, 3.63) is 34.9 Å². The first-order valence-electron chi connectivity index (χ1n) is 6.40. The molecule has 2 heterocycles. The highest BCUT2D eigenvalue weighted by Gasteiger charge is 2.34. The summed E-state index contributed by atoms with van der Waals surface area (Å²) in [4.78, 5) is 36.7. The average molecular weight is 274 g/mol. The van der Waals surface area contributed by atoms with E-state index in [1.807, 2.05) is 6.07 Å². The van der Waals surface area contributed by atoms with Crippen molar-refractivity contribution in [3.63, 3.8) is 0 Å². The Balaban J connectivity index is 1.88. The number of piperazine rings is 1. The molecule has 0 saturated carbocycles. The largest absolute Gasteiger partial charge is 0.372 e. The zero-order chi connectivity index (χ0) is 14.3. The number of imide groups is 1. The standard InChI is InChI=1S/C14H14N2O4/c1-8-13(18)15-12(17)5-16(8)14(19)9-2-3-10-6-20-7-11(10)4-9/h2-4,8H,5-7H2,1H3,(H,15,17,18). The molecule has 1 aromatic rings. The first-order valence-corrected chi connectivity index (χ1v) is 6.40. The lowest BCUT2D eigenvalue weighted by Gasteiger charge is -2.31. The second-order valence-electron chi connectivity index (χ2n) is 5.00. The smallest absolute Gasteiger partial charge is 0.255 e. The predicted octanol–water partition coefficient (Wildman–Crippen LogP) is 0.204. The molecule has 6 nitrogen and oxygen atoms in total. The maximum atomic E-state index is 12.5. The monoisotopic (exact) mass is 274 g/mol. The molecule has 1 unspecified atom stereocenters. The van der Waals surface area contributed by atoms with Crippen molar-refractivity contribution >= 4 is 17.7 Å². The Hall–Kier alpha value is -2.21. The first-order chi connectivity index (χ1) is 9.56. The van der Waals surface area contributed by atoms with Gasteiger partial charge in [0.2, 0.25) is 11.8 Å². The summed E-state index contributed by atoms with van der Waals surface area (Å²) in [7, 11) is 0. The van der Waals surface area contributed by atoms with E-state index >= 15 is 0 Å². The van der Waals surface area contributed by atoms with Crippen LogP contribution >= 0.6 is 0 Å². The van der Waals surface area contributed by atoms with E-state index in [1.165, 1.54) is 4.90 Å². The number of nitrogens with zero attached hydrogens (tertiary/aromatic N) is 1. The van der Waals surface area contributed by atoms with Crippen LogP contribution in [-0.2, 0) is 27.5 Å². The minimum atomic E-state index is -0.648. The molecular weight excluding hydrogens is 260 g/mol. The highest BCUT2D eigenvalue weighted by Crippen LogP contribution is 2.22. The zero-order valence-corrected chi connectivity index (χ0v) is 11.0. The number of fused-ring (bicyclic) bond motifs is 1. The molecule has 3 rings (SSSR count). The Morgan fingerprint density at radius 1 is 1.30 bits per heavy atom. The van der Waals surface area contributed by atoms with Crippen LogP contribution in [0.2, 0.25) is 0 Å². The molecule has 20 heavy (non-hydrogen) atoms. The van der Waals surface area contributed by atoms with E-state index in [2.05, 4.69) is 5.32 Å². The van der Waals surface area contributed by atoms with Gasteiger partial charge in [-0.25, -0.2) is 0 Å². The Morgan fingerprint density at radius 2 is 2.05 bits per heavy atom. The van der Waals surface area contributed by atoms with Crippen LogP contribution in [0.15, 0.2) is 18.2 Å². The number of carbonyl (C=O) groups is 3. The van der Waals surface area contributed by atoms with Crippen LogP contribution in [-0.4, -0.2) is 35.2 Å². The van der Waals surface area contributed by atoms with Crippen molar-refractivity contribution < 1.29 is 19.1 Å². The molecule has 1 saturated heterocycles. The normalized spacial score (nSPS) is 21.6. The van der Waals surface area contributed by atoms with Crippen molar-refractivity contribution in [1.82, 2.24) is 10.2 Å². The van der Waals surface area contributed by atoms with Gasteiger partial charge in [-0.05, 0) is 30.2 Å². The summed E-state index contributed by atoms with van der Waals surface area (Å²) in [5, 5.41) is 2.22. The molecular formula is C14H14N2O4. The van der Waals surface area contributed by atoms with Crippen LogP contribution in [0.4, 0.5) is 0 Å². The Labute approximate surface area is 115 Å². The molecule has 0 aromatic heterocycles. The van der Waals surface area contributed by atoms with E-state index in [0.29, 0.717) is 18.8 Å². The Bertz CT molecular complexity index is 611. The van der Waals surface area contributed by atoms with Crippen LogP contribution in [0.5, 0.6) is 0 Å². The topological polar surface area (TPSA) is 75.7 Å². The number of rotatable bonds is 1. The Kier molecular flexibility index (Phi) is 3.02. The molecule has 104 valence electrons. The molecule has 6 heteroatoms. The molecule has 1 atom stereocenters. The SMILES string of the molecule is CC1C(=O)NC(=O)CN1C(=O)c1ccc2c(c1)COC2. The zero-order valence-electron chi connectivity index (χ0n) is 11.0. The number of hydrogen-bond acceptors (Lipinski definition) is 4. The molecule has 1 fully saturated rings. The van der Waals surface area contributed by atoms with Gasteiger partial charge >= 0.3 is 0 Å². The summed E-state index contributed by atoms with van der Waals surface area (Å²) >= 11 is 0. The molecule has 0 spiro atoms. The second-order valence-corrected chi connectivity index (χ2v) is 5.00. The lowest BCUT2D eigenvalue weighted by Crippen LogP contribution is -2.58. The van der Waals surface area contributed by atoms with E-state index in [4.69, 9.17) is 4.74 Å². The highest BCUT2D eigenvalue weighted by atomic mass is 16.5. The molecule has 2 aliphatic heterocycles. The third-order valence-electron chi connectivity index (χ3n) is 3.65. The number of nitrogens with one attached hydrogen (secondary N) is 1. The molecule has 3 amide bonds. The van der Waals surface area contributed by atoms with E-state index in [0.717, 1.165) is 11.1 Å². The van der Waals surface area contributed by atoms with E-state index in [-0.39, 0.29) is 12.5 Å². The summed E-state index contributed by atoms with van der Waals surface area (Å²) in [6.07, 6.45) is 0. The van der Waals surface area contributed by atoms with Crippen LogP contribution in [0.25, 0.3) is 0 Å². The van der Waals surface area contributed by atoms with Gasteiger partial charge in [-0.2, -0.15) is 0 Å². The van der Waals surface area contributed by atoms with Crippen LogP contribution in [0.1, 0.15) is 28.4 Å². The summed E-state index contributed by atoms with van der Waals surface area (Å²) in [6.45, 7) is 2.56. The molecule has 0 radical (unpaired) electrons. The van der Waals surface area contributed by atoms with Crippen molar-refractivity contribution in [3.8, 4) is 0 Å². The van der Waals surface area contributed by atoms with Gasteiger partial charge in [-0.3, -0.25) is 19.7 Å². The minimum Gasteiger partial charge on any atom is -0.372 e. The van der Waals surface area contributed by atoms with Gasteiger partial charge in [0.25, 0.3) is 5.91 Å². The molecule has 1 aromatic carbocycles. The fourth-order valence-electron chi connectivity index (χ4n) is 2.43. The number of amides is 3. The summed E-state index contributed by atoms with van der Waals surface area (Å²) in [5.74, 6) is -1.21. The van der Waals surface area contributed by atoms with E-state index < -0.39 is 17.9 Å². The quantitative estimate of drug-likeness (QED) is 0.742.